The summed E-state index contributed by atoms with van der Waals surface area (Å²) in [6, 6.07) is 3.54. The third-order valence-electron chi connectivity index (χ3n) is 3.81. The van der Waals surface area contributed by atoms with Gasteiger partial charge in [0.25, 0.3) is 0 Å². The SMILES string of the molecule is CCC1(C(=O)OC)CCc2cc(C(F)(F)F)ccc2N1. The maximum atomic E-state index is 12.7. The van der Waals surface area contributed by atoms with E-state index in [-0.39, 0.29) is 5.97 Å². The molecule has 0 aliphatic carbocycles. The van der Waals surface area contributed by atoms with Crippen molar-refractivity contribution in [3.05, 3.63) is 29.3 Å². The van der Waals surface area contributed by atoms with Gasteiger partial charge in [-0.2, -0.15) is 13.2 Å². The van der Waals surface area contributed by atoms with Gasteiger partial charge in [-0.15, -0.1) is 0 Å². The number of hydrogen-bond donors (Lipinski definition) is 1. The molecule has 3 nitrogen and oxygen atoms in total. The van der Waals surface area contributed by atoms with Crippen molar-refractivity contribution in [3.8, 4) is 0 Å². The summed E-state index contributed by atoms with van der Waals surface area (Å²) >= 11 is 0. The Balaban J connectivity index is 2.34. The molecule has 1 N–H and O–H groups in total. The Morgan fingerprint density at radius 2 is 2.15 bits per heavy atom. The van der Waals surface area contributed by atoms with E-state index in [1.807, 2.05) is 6.92 Å². The van der Waals surface area contributed by atoms with Crippen LogP contribution in [0.3, 0.4) is 0 Å². The number of halogens is 3. The highest BCUT2D eigenvalue weighted by Crippen LogP contribution is 2.37. The van der Waals surface area contributed by atoms with E-state index in [2.05, 4.69) is 5.32 Å². The van der Waals surface area contributed by atoms with Gasteiger partial charge in [0.2, 0.25) is 0 Å². The maximum Gasteiger partial charge on any atom is 0.416 e. The molecule has 110 valence electrons. The lowest BCUT2D eigenvalue weighted by atomic mass is 9.83. The first-order valence-corrected chi connectivity index (χ1v) is 6.39. The third-order valence-corrected chi connectivity index (χ3v) is 3.81. The van der Waals surface area contributed by atoms with Crippen molar-refractivity contribution < 1.29 is 22.7 Å². The Morgan fingerprint density at radius 3 is 2.70 bits per heavy atom. The Morgan fingerprint density at radius 1 is 1.45 bits per heavy atom. The van der Waals surface area contributed by atoms with Crippen LogP contribution >= 0.6 is 0 Å². The van der Waals surface area contributed by atoms with E-state index in [1.165, 1.54) is 13.2 Å². The minimum Gasteiger partial charge on any atom is -0.467 e. The number of hydrogen-bond acceptors (Lipinski definition) is 3. The van der Waals surface area contributed by atoms with E-state index >= 15 is 0 Å². The molecule has 0 bridgehead atoms. The lowest BCUT2D eigenvalue weighted by molar-refractivity contribution is -0.146. The number of alkyl halides is 3. The second-order valence-electron chi connectivity index (χ2n) is 4.92. The zero-order chi connectivity index (χ0) is 15.0. The van der Waals surface area contributed by atoms with Gasteiger partial charge in [0.05, 0.1) is 12.7 Å². The summed E-state index contributed by atoms with van der Waals surface area (Å²) < 4.78 is 42.8. The molecule has 0 aromatic heterocycles. The highest BCUT2D eigenvalue weighted by atomic mass is 19.4. The molecule has 1 aromatic carbocycles. The molecule has 0 saturated heterocycles. The van der Waals surface area contributed by atoms with Crippen LogP contribution in [0, 0.1) is 0 Å². The largest absolute Gasteiger partial charge is 0.467 e. The Kier molecular flexibility index (Phi) is 3.67. The van der Waals surface area contributed by atoms with Crippen molar-refractivity contribution in [2.24, 2.45) is 0 Å². The number of esters is 1. The number of carbonyl (C=O) groups excluding carboxylic acids is 1. The summed E-state index contributed by atoms with van der Waals surface area (Å²) in [5.74, 6) is -0.384. The van der Waals surface area contributed by atoms with Crippen molar-refractivity contribution in [1.82, 2.24) is 0 Å². The normalized spacial score (nSPS) is 21.9. The summed E-state index contributed by atoms with van der Waals surface area (Å²) in [6.07, 6.45) is -3.00. The van der Waals surface area contributed by atoms with Crippen LogP contribution in [0.2, 0.25) is 0 Å². The van der Waals surface area contributed by atoms with E-state index in [9.17, 15) is 18.0 Å². The molecule has 6 heteroatoms. The van der Waals surface area contributed by atoms with Crippen LogP contribution in [-0.2, 0) is 22.1 Å². The maximum absolute atomic E-state index is 12.7. The molecule has 1 unspecified atom stereocenters. The first-order chi connectivity index (χ1) is 9.32. The van der Waals surface area contributed by atoms with E-state index in [0.717, 1.165) is 12.1 Å². The average Bonchev–Trinajstić information content (AvgIpc) is 2.44. The quantitative estimate of drug-likeness (QED) is 0.847. The highest BCUT2D eigenvalue weighted by Gasteiger charge is 2.41. The topological polar surface area (TPSA) is 38.3 Å². The first-order valence-electron chi connectivity index (χ1n) is 6.39. The van der Waals surface area contributed by atoms with E-state index < -0.39 is 17.3 Å². The molecule has 0 saturated carbocycles. The summed E-state index contributed by atoms with van der Waals surface area (Å²) in [5, 5.41) is 3.05. The Bertz CT molecular complexity index is 528. The lowest BCUT2D eigenvalue weighted by Gasteiger charge is -2.37. The van der Waals surface area contributed by atoms with Gasteiger partial charge < -0.3 is 10.1 Å². The van der Waals surface area contributed by atoms with Crippen LogP contribution in [0.5, 0.6) is 0 Å². The fourth-order valence-corrected chi connectivity index (χ4v) is 2.53. The standard InChI is InChI=1S/C14H16F3NO2/c1-3-13(12(19)20-2)7-6-9-8-10(14(15,16)17)4-5-11(9)18-13/h4-5,8,18H,3,6-7H2,1-2H3. The van der Waals surface area contributed by atoms with Crippen molar-refractivity contribution in [1.29, 1.82) is 0 Å². The molecule has 1 atom stereocenters. The molecular weight excluding hydrogens is 271 g/mol. The number of carbonyl (C=O) groups is 1. The first kappa shape index (κ1) is 14.7. The number of ether oxygens (including phenoxy) is 1. The minimum absolute atomic E-state index is 0.384. The smallest absolute Gasteiger partial charge is 0.416 e. The monoisotopic (exact) mass is 287 g/mol. The number of methoxy groups -OCH3 is 1. The molecule has 0 spiro atoms. The van der Waals surface area contributed by atoms with Crippen LogP contribution in [0.1, 0.15) is 30.9 Å². The molecule has 0 radical (unpaired) electrons. The predicted molar refractivity (Wildman–Crippen MR) is 68.4 cm³/mol. The van der Waals surface area contributed by atoms with Crippen molar-refractivity contribution >= 4 is 11.7 Å². The summed E-state index contributed by atoms with van der Waals surface area (Å²) in [7, 11) is 1.31. The van der Waals surface area contributed by atoms with Crippen LogP contribution in [0.4, 0.5) is 18.9 Å². The molecular formula is C14H16F3NO2. The van der Waals surface area contributed by atoms with Gasteiger partial charge in [0.1, 0.15) is 5.54 Å². The van der Waals surface area contributed by atoms with E-state index in [1.54, 1.807) is 0 Å². The van der Waals surface area contributed by atoms with Gasteiger partial charge >= 0.3 is 12.1 Å². The van der Waals surface area contributed by atoms with Gasteiger partial charge in [-0.25, -0.2) is 4.79 Å². The number of anilines is 1. The van der Waals surface area contributed by atoms with Crippen molar-refractivity contribution in [2.45, 2.75) is 37.9 Å². The minimum atomic E-state index is -4.35. The lowest BCUT2D eigenvalue weighted by Crippen LogP contribution is -2.49. The molecule has 1 aliphatic rings. The van der Waals surface area contributed by atoms with Gasteiger partial charge in [-0.3, -0.25) is 0 Å². The Labute approximate surface area is 115 Å². The number of rotatable bonds is 2. The second-order valence-corrected chi connectivity index (χ2v) is 4.92. The summed E-state index contributed by atoms with van der Waals surface area (Å²) in [6.45, 7) is 1.85. The van der Waals surface area contributed by atoms with Crippen LogP contribution in [0.25, 0.3) is 0 Å². The number of nitrogens with one attached hydrogen (secondary N) is 1. The van der Waals surface area contributed by atoms with Gasteiger partial charge in [-0.1, -0.05) is 6.92 Å². The number of fused-ring (bicyclic) bond motifs is 1. The van der Waals surface area contributed by atoms with Crippen molar-refractivity contribution in [3.63, 3.8) is 0 Å². The van der Waals surface area contributed by atoms with Crippen LogP contribution in [-0.4, -0.2) is 18.6 Å². The zero-order valence-corrected chi connectivity index (χ0v) is 11.3. The van der Waals surface area contributed by atoms with Gasteiger partial charge in [-0.05, 0) is 43.0 Å². The van der Waals surface area contributed by atoms with Crippen molar-refractivity contribution in [2.75, 3.05) is 12.4 Å². The average molecular weight is 287 g/mol. The third kappa shape index (κ3) is 2.46. The van der Waals surface area contributed by atoms with Crippen LogP contribution in [0.15, 0.2) is 18.2 Å². The molecule has 1 aliphatic heterocycles. The number of aryl methyl sites for hydroxylation is 1. The van der Waals surface area contributed by atoms with Crippen LogP contribution < -0.4 is 5.32 Å². The van der Waals surface area contributed by atoms with Gasteiger partial charge in [0, 0.05) is 5.69 Å². The summed E-state index contributed by atoms with van der Waals surface area (Å²) in [4.78, 5) is 11.9. The molecule has 20 heavy (non-hydrogen) atoms. The van der Waals surface area contributed by atoms with E-state index in [0.29, 0.717) is 30.5 Å². The zero-order valence-electron chi connectivity index (χ0n) is 11.3. The number of benzene rings is 1. The predicted octanol–water partition coefficient (Wildman–Crippen LogP) is 3.39. The fraction of sp³-hybridized carbons (Fsp3) is 0.500. The molecule has 1 heterocycles. The highest BCUT2D eigenvalue weighted by molar-refractivity contribution is 5.85. The summed E-state index contributed by atoms with van der Waals surface area (Å²) in [5.41, 5.74) is -0.369. The second kappa shape index (κ2) is 5.00. The molecule has 0 amide bonds. The fourth-order valence-electron chi connectivity index (χ4n) is 2.53. The van der Waals surface area contributed by atoms with E-state index in [4.69, 9.17) is 4.74 Å². The van der Waals surface area contributed by atoms with Gasteiger partial charge in [0.15, 0.2) is 0 Å². The molecule has 0 fully saturated rings. The Hall–Kier alpha value is -1.72. The molecule has 1 aromatic rings. The molecule has 2 rings (SSSR count).